The zero-order chi connectivity index (χ0) is 13.7. The molecule has 1 heterocycles. The monoisotopic (exact) mass is 261 g/mol. The molecule has 1 unspecified atom stereocenters. The Morgan fingerprint density at radius 3 is 2.79 bits per heavy atom. The smallest absolute Gasteiger partial charge is 0.249 e. The van der Waals surface area contributed by atoms with Gasteiger partial charge < -0.3 is 15.5 Å². The molecule has 0 radical (unpaired) electrons. The minimum atomic E-state index is -0.408. The van der Waals surface area contributed by atoms with Crippen LogP contribution in [-0.2, 0) is 9.59 Å². The summed E-state index contributed by atoms with van der Waals surface area (Å²) >= 11 is 0. The van der Waals surface area contributed by atoms with E-state index in [9.17, 15) is 9.59 Å². The van der Waals surface area contributed by atoms with Crippen molar-refractivity contribution in [2.75, 3.05) is 25.0 Å². The number of rotatable bonds is 4. The van der Waals surface area contributed by atoms with Gasteiger partial charge in [0.1, 0.15) is 6.04 Å². The van der Waals surface area contributed by atoms with Crippen LogP contribution in [0.2, 0.25) is 0 Å². The maximum absolute atomic E-state index is 12.4. The molecule has 1 atom stereocenters. The van der Waals surface area contributed by atoms with Gasteiger partial charge in [0.2, 0.25) is 11.8 Å². The molecule has 1 aliphatic heterocycles. The lowest BCUT2D eigenvalue weighted by molar-refractivity contribution is -0.128. The maximum atomic E-state index is 12.4. The fourth-order valence-corrected chi connectivity index (χ4v) is 2.28. The molecule has 0 spiro atoms. The molecule has 1 aromatic carbocycles. The molecule has 2 N–H and O–H groups in total. The molecule has 0 bridgehead atoms. The van der Waals surface area contributed by atoms with Gasteiger partial charge in [-0.1, -0.05) is 18.2 Å². The lowest BCUT2D eigenvalue weighted by Crippen LogP contribution is -2.53. The quantitative estimate of drug-likeness (QED) is 0.830. The molecule has 2 amide bonds. The van der Waals surface area contributed by atoms with Gasteiger partial charge in [-0.15, -0.1) is 0 Å². The number of nitrogens with zero attached hydrogens (tertiary/aromatic N) is 1. The van der Waals surface area contributed by atoms with Crippen LogP contribution in [-0.4, -0.2) is 38.0 Å². The SMILES string of the molecule is CNCC(=O)NC1CCCN(c2ccccc2)C1=O. The van der Waals surface area contributed by atoms with E-state index in [2.05, 4.69) is 10.6 Å². The Kier molecular flexibility index (Phi) is 4.52. The molecule has 2 rings (SSSR count). The number of benzene rings is 1. The maximum Gasteiger partial charge on any atom is 0.249 e. The van der Waals surface area contributed by atoms with E-state index in [0.717, 1.165) is 12.1 Å². The first-order valence-electron chi connectivity index (χ1n) is 6.53. The van der Waals surface area contributed by atoms with Gasteiger partial charge >= 0.3 is 0 Å². The van der Waals surface area contributed by atoms with Gasteiger partial charge in [-0.2, -0.15) is 0 Å². The second kappa shape index (κ2) is 6.33. The minimum absolute atomic E-state index is 0.0260. The number of carbonyl (C=O) groups is 2. The minimum Gasteiger partial charge on any atom is -0.343 e. The van der Waals surface area contributed by atoms with Crippen molar-refractivity contribution < 1.29 is 9.59 Å². The van der Waals surface area contributed by atoms with Crippen molar-refractivity contribution in [1.29, 1.82) is 0 Å². The highest BCUT2D eigenvalue weighted by Crippen LogP contribution is 2.20. The fourth-order valence-electron chi connectivity index (χ4n) is 2.28. The Morgan fingerprint density at radius 2 is 2.11 bits per heavy atom. The average Bonchev–Trinajstić information content (AvgIpc) is 2.42. The van der Waals surface area contributed by atoms with E-state index in [0.29, 0.717) is 13.0 Å². The molecule has 0 saturated carbocycles. The summed E-state index contributed by atoms with van der Waals surface area (Å²) in [6.07, 6.45) is 1.60. The van der Waals surface area contributed by atoms with E-state index in [-0.39, 0.29) is 18.4 Å². The van der Waals surface area contributed by atoms with Crippen LogP contribution in [0.15, 0.2) is 30.3 Å². The van der Waals surface area contributed by atoms with Crippen molar-refractivity contribution >= 4 is 17.5 Å². The summed E-state index contributed by atoms with van der Waals surface area (Å²) in [6.45, 7) is 0.941. The molecule has 0 aromatic heterocycles. The highest BCUT2D eigenvalue weighted by Gasteiger charge is 2.30. The molecule has 19 heavy (non-hydrogen) atoms. The van der Waals surface area contributed by atoms with Crippen molar-refractivity contribution in [2.24, 2.45) is 0 Å². The van der Waals surface area contributed by atoms with Gasteiger partial charge in [0.25, 0.3) is 0 Å². The zero-order valence-electron chi connectivity index (χ0n) is 11.1. The van der Waals surface area contributed by atoms with Gasteiger partial charge in [0, 0.05) is 12.2 Å². The molecule has 1 aromatic rings. The number of carbonyl (C=O) groups excluding carboxylic acids is 2. The number of anilines is 1. The second-order valence-electron chi connectivity index (χ2n) is 4.62. The summed E-state index contributed by atoms with van der Waals surface area (Å²) in [4.78, 5) is 25.7. The predicted molar refractivity (Wildman–Crippen MR) is 73.9 cm³/mol. The molecule has 5 nitrogen and oxygen atoms in total. The van der Waals surface area contributed by atoms with Crippen molar-refractivity contribution in [3.05, 3.63) is 30.3 Å². The zero-order valence-corrected chi connectivity index (χ0v) is 11.1. The summed E-state index contributed by atoms with van der Waals surface area (Å²) < 4.78 is 0. The number of likely N-dealkylation sites (N-methyl/N-ethyl adjacent to an activating group) is 1. The van der Waals surface area contributed by atoms with E-state index >= 15 is 0 Å². The normalized spacial score (nSPS) is 19.3. The van der Waals surface area contributed by atoms with E-state index < -0.39 is 6.04 Å². The Bertz CT molecular complexity index is 447. The standard InChI is InChI=1S/C14H19N3O2/c1-15-10-13(18)16-12-8-5-9-17(14(12)19)11-6-3-2-4-7-11/h2-4,6-7,12,15H,5,8-10H2,1H3,(H,16,18). The molecule has 1 saturated heterocycles. The van der Waals surface area contributed by atoms with Gasteiger partial charge in [-0.05, 0) is 32.0 Å². The molecule has 5 heteroatoms. The van der Waals surface area contributed by atoms with E-state index in [1.807, 2.05) is 30.3 Å². The van der Waals surface area contributed by atoms with E-state index in [1.165, 1.54) is 0 Å². The number of nitrogens with one attached hydrogen (secondary N) is 2. The first kappa shape index (κ1) is 13.5. The highest BCUT2D eigenvalue weighted by molar-refractivity contribution is 6.00. The van der Waals surface area contributed by atoms with Crippen LogP contribution in [0.25, 0.3) is 0 Å². The molecule has 1 fully saturated rings. The van der Waals surface area contributed by atoms with E-state index in [1.54, 1.807) is 11.9 Å². The number of piperidine rings is 1. The Balaban J connectivity index is 2.04. The lowest BCUT2D eigenvalue weighted by atomic mass is 10.0. The molecule has 0 aliphatic carbocycles. The van der Waals surface area contributed by atoms with Crippen LogP contribution < -0.4 is 15.5 Å². The van der Waals surface area contributed by atoms with Crippen LogP contribution in [0.3, 0.4) is 0 Å². The molecule has 1 aliphatic rings. The van der Waals surface area contributed by atoms with Crippen LogP contribution in [0, 0.1) is 0 Å². The third-order valence-corrected chi connectivity index (χ3v) is 3.18. The van der Waals surface area contributed by atoms with Crippen LogP contribution in [0.1, 0.15) is 12.8 Å². The van der Waals surface area contributed by atoms with Crippen molar-refractivity contribution in [1.82, 2.24) is 10.6 Å². The Morgan fingerprint density at radius 1 is 1.37 bits per heavy atom. The van der Waals surface area contributed by atoms with Gasteiger partial charge in [-0.3, -0.25) is 9.59 Å². The van der Waals surface area contributed by atoms with Gasteiger partial charge in [0.05, 0.1) is 6.54 Å². The fraction of sp³-hybridized carbons (Fsp3) is 0.429. The number of para-hydroxylation sites is 1. The summed E-state index contributed by atoms with van der Waals surface area (Å²) in [5, 5.41) is 5.55. The first-order valence-corrected chi connectivity index (χ1v) is 6.53. The lowest BCUT2D eigenvalue weighted by Gasteiger charge is -2.32. The van der Waals surface area contributed by atoms with Crippen LogP contribution >= 0.6 is 0 Å². The summed E-state index contributed by atoms with van der Waals surface area (Å²) in [5.41, 5.74) is 0.889. The first-order chi connectivity index (χ1) is 9.22. The topological polar surface area (TPSA) is 61.4 Å². The predicted octanol–water partition coefficient (Wildman–Crippen LogP) is 0.518. The van der Waals surface area contributed by atoms with Gasteiger partial charge in [0.15, 0.2) is 0 Å². The third-order valence-electron chi connectivity index (χ3n) is 3.18. The summed E-state index contributed by atoms with van der Waals surface area (Å²) in [5.74, 6) is -0.169. The number of amides is 2. The molecular formula is C14H19N3O2. The molecular weight excluding hydrogens is 242 g/mol. The second-order valence-corrected chi connectivity index (χ2v) is 4.62. The summed E-state index contributed by atoms with van der Waals surface area (Å²) in [6, 6.07) is 9.16. The molecule has 102 valence electrons. The average molecular weight is 261 g/mol. The Hall–Kier alpha value is -1.88. The van der Waals surface area contributed by atoms with Crippen molar-refractivity contribution in [3.63, 3.8) is 0 Å². The number of hydrogen-bond donors (Lipinski definition) is 2. The number of hydrogen-bond acceptors (Lipinski definition) is 3. The third kappa shape index (κ3) is 3.32. The van der Waals surface area contributed by atoms with E-state index in [4.69, 9.17) is 0 Å². The summed E-state index contributed by atoms with van der Waals surface area (Å²) in [7, 11) is 1.71. The van der Waals surface area contributed by atoms with Gasteiger partial charge in [-0.25, -0.2) is 0 Å². The van der Waals surface area contributed by atoms with Crippen molar-refractivity contribution in [2.45, 2.75) is 18.9 Å². The van der Waals surface area contributed by atoms with Crippen molar-refractivity contribution in [3.8, 4) is 0 Å². The largest absolute Gasteiger partial charge is 0.343 e. The Labute approximate surface area is 113 Å². The van der Waals surface area contributed by atoms with Crippen LogP contribution in [0.5, 0.6) is 0 Å². The highest BCUT2D eigenvalue weighted by atomic mass is 16.2. The van der Waals surface area contributed by atoms with Crippen LogP contribution in [0.4, 0.5) is 5.69 Å².